The van der Waals surface area contributed by atoms with E-state index in [4.69, 9.17) is 4.74 Å². The average molecular weight is 376 g/mol. The van der Waals surface area contributed by atoms with Crippen LogP contribution in [0.5, 0.6) is 0 Å². The Morgan fingerprint density at radius 2 is 1.54 bits per heavy atom. The van der Waals surface area contributed by atoms with E-state index in [1.54, 1.807) is 36.4 Å². The van der Waals surface area contributed by atoms with Gasteiger partial charge in [0.1, 0.15) is 0 Å². The number of nitrogens with one attached hydrogen (secondary N) is 1. The van der Waals surface area contributed by atoms with Gasteiger partial charge in [0.05, 0.1) is 0 Å². The summed E-state index contributed by atoms with van der Waals surface area (Å²) in [5.74, 6) is -1.57. The number of hydrogen-bond acceptors (Lipinski definition) is 5. The number of anilines is 1. The number of ether oxygens (including phenoxy) is 1. The van der Waals surface area contributed by atoms with Crippen molar-refractivity contribution in [3.05, 3.63) is 101 Å². The van der Waals surface area contributed by atoms with E-state index in [1.165, 1.54) is 36.5 Å². The summed E-state index contributed by atoms with van der Waals surface area (Å²) in [5.41, 5.74) is 1.16. The van der Waals surface area contributed by atoms with E-state index in [9.17, 15) is 19.6 Å². The summed E-state index contributed by atoms with van der Waals surface area (Å²) >= 11 is 0. The Bertz CT molecular complexity index is 1000. The Hall–Kier alpha value is -4.00. The molecule has 2 aromatic carbocycles. The van der Waals surface area contributed by atoms with Gasteiger partial charge in [0, 0.05) is 28.9 Å². The third-order valence-electron chi connectivity index (χ3n) is 3.87. The second-order valence-electron chi connectivity index (χ2n) is 5.81. The van der Waals surface area contributed by atoms with Gasteiger partial charge in [0.2, 0.25) is 0 Å². The third kappa shape index (κ3) is 4.59. The normalized spacial score (nSPS) is 10.1. The molecule has 3 aromatic rings. The number of Topliss-reactive ketones (excluding diaryl/α,β-unsaturated/α-hetero) is 1. The monoisotopic (exact) mass is 376 g/mol. The highest BCUT2D eigenvalue weighted by atomic mass is 16.5. The molecule has 140 valence electrons. The first-order valence-corrected chi connectivity index (χ1v) is 8.39. The topological polar surface area (TPSA) is 99.4 Å². The Morgan fingerprint density at radius 1 is 0.857 bits per heavy atom. The smallest absolute Gasteiger partial charge is 0.405 e. The van der Waals surface area contributed by atoms with Crippen molar-refractivity contribution in [3.63, 3.8) is 0 Å². The van der Waals surface area contributed by atoms with E-state index >= 15 is 0 Å². The number of benzene rings is 2. The van der Waals surface area contributed by atoms with E-state index in [0.717, 1.165) is 0 Å². The highest BCUT2D eigenvalue weighted by molar-refractivity contribution is 6.04. The van der Waals surface area contributed by atoms with Crippen LogP contribution in [0, 0.1) is 5.21 Å². The van der Waals surface area contributed by atoms with Gasteiger partial charge in [-0.25, -0.2) is 4.79 Å². The fourth-order valence-electron chi connectivity index (χ4n) is 2.41. The van der Waals surface area contributed by atoms with Gasteiger partial charge in [-0.15, -0.1) is 0 Å². The summed E-state index contributed by atoms with van der Waals surface area (Å²) in [7, 11) is 0. The SMILES string of the molecule is O=C(COC(=O)c1cccc[n+]1[O-])c1ccc(NC(=O)c2ccccc2)cc1. The van der Waals surface area contributed by atoms with Crippen molar-refractivity contribution in [3.8, 4) is 0 Å². The molecular weight excluding hydrogens is 360 g/mol. The molecule has 1 aromatic heterocycles. The molecule has 0 atom stereocenters. The molecule has 1 amide bonds. The maximum absolute atomic E-state index is 12.2. The molecule has 7 nitrogen and oxygen atoms in total. The summed E-state index contributed by atoms with van der Waals surface area (Å²) in [4.78, 5) is 36.1. The van der Waals surface area contributed by atoms with E-state index in [0.29, 0.717) is 21.5 Å². The second-order valence-corrected chi connectivity index (χ2v) is 5.81. The van der Waals surface area contributed by atoms with Crippen molar-refractivity contribution in [2.24, 2.45) is 0 Å². The summed E-state index contributed by atoms with van der Waals surface area (Å²) in [6.07, 6.45) is 1.17. The zero-order chi connectivity index (χ0) is 19.9. The highest BCUT2D eigenvalue weighted by Crippen LogP contribution is 2.12. The van der Waals surface area contributed by atoms with Crippen LogP contribution in [-0.2, 0) is 4.74 Å². The lowest BCUT2D eigenvalue weighted by Crippen LogP contribution is -2.35. The van der Waals surface area contributed by atoms with Crippen LogP contribution < -0.4 is 10.0 Å². The first-order valence-electron chi connectivity index (χ1n) is 8.39. The molecule has 1 N–H and O–H groups in total. The highest BCUT2D eigenvalue weighted by Gasteiger charge is 2.18. The molecule has 0 spiro atoms. The van der Waals surface area contributed by atoms with Crippen molar-refractivity contribution >= 4 is 23.3 Å². The second kappa shape index (κ2) is 8.59. The van der Waals surface area contributed by atoms with Crippen LogP contribution in [0.15, 0.2) is 79.0 Å². The molecule has 0 unspecified atom stereocenters. The van der Waals surface area contributed by atoms with Crippen molar-refractivity contribution < 1.29 is 23.9 Å². The predicted molar refractivity (Wildman–Crippen MR) is 101 cm³/mol. The summed E-state index contributed by atoms with van der Waals surface area (Å²) in [6, 6.07) is 19.3. The molecular formula is C21H16N2O5. The van der Waals surface area contributed by atoms with E-state index in [2.05, 4.69) is 5.32 Å². The first-order chi connectivity index (χ1) is 13.5. The van der Waals surface area contributed by atoms with Gasteiger partial charge in [-0.3, -0.25) is 9.59 Å². The molecule has 0 saturated heterocycles. The Morgan fingerprint density at radius 3 is 2.21 bits per heavy atom. The van der Waals surface area contributed by atoms with Gasteiger partial charge in [0.15, 0.2) is 18.6 Å². The van der Waals surface area contributed by atoms with Crippen molar-refractivity contribution in [1.29, 1.82) is 0 Å². The number of aromatic nitrogens is 1. The van der Waals surface area contributed by atoms with Gasteiger partial charge < -0.3 is 15.3 Å². The lowest BCUT2D eigenvalue weighted by Gasteiger charge is -2.07. The number of pyridine rings is 1. The fourth-order valence-corrected chi connectivity index (χ4v) is 2.41. The predicted octanol–water partition coefficient (Wildman–Crippen LogP) is 2.61. The number of hydrogen-bond donors (Lipinski definition) is 1. The minimum Gasteiger partial charge on any atom is -0.618 e. The lowest BCUT2D eigenvalue weighted by atomic mass is 10.1. The van der Waals surface area contributed by atoms with Crippen LogP contribution >= 0.6 is 0 Å². The number of amides is 1. The van der Waals surface area contributed by atoms with Gasteiger partial charge >= 0.3 is 11.7 Å². The largest absolute Gasteiger partial charge is 0.618 e. The number of nitrogens with zero attached hydrogens (tertiary/aromatic N) is 1. The third-order valence-corrected chi connectivity index (χ3v) is 3.87. The molecule has 0 aliphatic carbocycles. The standard InChI is InChI=1S/C21H16N2O5/c24-19(14-28-21(26)18-8-4-5-13-23(18)27)15-9-11-17(12-10-15)22-20(25)16-6-2-1-3-7-16/h1-13H,14H2,(H,22,25). The molecule has 0 aliphatic heterocycles. The maximum Gasteiger partial charge on any atom is 0.405 e. The van der Waals surface area contributed by atoms with Crippen LogP contribution in [-0.4, -0.2) is 24.3 Å². The van der Waals surface area contributed by atoms with Crippen LogP contribution in [0.2, 0.25) is 0 Å². The van der Waals surface area contributed by atoms with Crippen LogP contribution in [0.1, 0.15) is 31.2 Å². The number of ketones is 1. The summed E-state index contributed by atoms with van der Waals surface area (Å²) in [5, 5.41) is 14.2. The molecule has 0 fully saturated rings. The minimum absolute atomic E-state index is 0.200. The van der Waals surface area contributed by atoms with E-state index in [-0.39, 0.29) is 11.6 Å². The van der Waals surface area contributed by atoms with Crippen molar-refractivity contribution in [2.75, 3.05) is 11.9 Å². The summed E-state index contributed by atoms with van der Waals surface area (Å²) in [6.45, 7) is -0.497. The molecule has 0 radical (unpaired) electrons. The Kier molecular flexibility index (Phi) is 5.76. The van der Waals surface area contributed by atoms with E-state index < -0.39 is 18.4 Å². The fraction of sp³-hybridized carbons (Fsp3) is 0.0476. The average Bonchev–Trinajstić information content (AvgIpc) is 2.73. The van der Waals surface area contributed by atoms with Gasteiger partial charge in [-0.05, 0) is 42.5 Å². The minimum atomic E-state index is -0.879. The zero-order valence-corrected chi connectivity index (χ0v) is 14.7. The van der Waals surface area contributed by atoms with Crippen LogP contribution in [0.25, 0.3) is 0 Å². The van der Waals surface area contributed by atoms with Crippen LogP contribution in [0.4, 0.5) is 5.69 Å². The summed E-state index contributed by atoms with van der Waals surface area (Å²) < 4.78 is 5.27. The lowest BCUT2D eigenvalue weighted by molar-refractivity contribution is -0.608. The molecule has 0 bridgehead atoms. The van der Waals surface area contributed by atoms with Gasteiger partial charge in [0.25, 0.3) is 5.91 Å². The Labute approximate surface area is 160 Å². The molecule has 3 rings (SSSR count). The van der Waals surface area contributed by atoms with Crippen molar-refractivity contribution in [1.82, 2.24) is 0 Å². The van der Waals surface area contributed by atoms with E-state index in [1.807, 2.05) is 6.07 Å². The Balaban J connectivity index is 1.57. The van der Waals surface area contributed by atoms with Crippen LogP contribution in [0.3, 0.4) is 0 Å². The molecule has 28 heavy (non-hydrogen) atoms. The number of carbonyl (C=O) groups excluding carboxylic acids is 3. The van der Waals surface area contributed by atoms with Crippen molar-refractivity contribution in [2.45, 2.75) is 0 Å². The quantitative estimate of drug-likeness (QED) is 0.309. The molecule has 1 heterocycles. The molecule has 7 heteroatoms. The number of esters is 1. The first kappa shape index (κ1) is 18.8. The van der Waals surface area contributed by atoms with Gasteiger partial charge in [-0.1, -0.05) is 18.2 Å². The molecule has 0 saturated carbocycles. The number of rotatable bonds is 6. The number of carbonyl (C=O) groups is 3. The maximum atomic E-state index is 12.2. The van der Waals surface area contributed by atoms with Gasteiger partial charge in [-0.2, -0.15) is 4.73 Å². The zero-order valence-electron chi connectivity index (χ0n) is 14.7. The molecule has 0 aliphatic rings.